The van der Waals surface area contributed by atoms with Crippen LogP contribution < -0.4 is 19.5 Å². The first-order valence-electron chi connectivity index (χ1n) is 8.41. The maximum Gasteiger partial charge on any atom is 0.193 e. The fourth-order valence-electron chi connectivity index (χ4n) is 2.99. The summed E-state index contributed by atoms with van der Waals surface area (Å²) in [5.74, 6) is 3.45. The quantitative estimate of drug-likeness (QED) is 0.596. The van der Waals surface area contributed by atoms with E-state index in [4.69, 9.17) is 18.9 Å². The zero-order valence-corrected chi connectivity index (χ0v) is 15.8. The number of benzene rings is 1. The van der Waals surface area contributed by atoms with Crippen molar-refractivity contribution < 1.29 is 18.9 Å². The summed E-state index contributed by atoms with van der Waals surface area (Å²) < 4.78 is 21.6. The van der Waals surface area contributed by atoms with Crippen LogP contribution in [0.5, 0.6) is 17.2 Å². The third-order valence-electron chi connectivity index (χ3n) is 4.35. The molecule has 7 nitrogen and oxygen atoms in total. The number of ether oxygens (including phenoxy) is 4. The van der Waals surface area contributed by atoms with Gasteiger partial charge in [0.2, 0.25) is 0 Å². The molecule has 0 amide bonds. The van der Waals surface area contributed by atoms with Gasteiger partial charge in [0.1, 0.15) is 5.75 Å². The molecule has 25 heavy (non-hydrogen) atoms. The van der Waals surface area contributed by atoms with Gasteiger partial charge in [0.15, 0.2) is 17.5 Å². The van der Waals surface area contributed by atoms with Gasteiger partial charge in [-0.15, -0.1) is 0 Å². The van der Waals surface area contributed by atoms with Gasteiger partial charge in [-0.3, -0.25) is 4.99 Å². The van der Waals surface area contributed by atoms with Crippen LogP contribution in [0, 0.1) is 5.92 Å². The molecule has 0 spiro atoms. The van der Waals surface area contributed by atoms with E-state index in [2.05, 4.69) is 15.2 Å². The molecule has 0 aromatic heterocycles. The number of hydrogen-bond acceptors (Lipinski definition) is 5. The van der Waals surface area contributed by atoms with Crippen LogP contribution >= 0.6 is 0 Å². The van der Waals surface area contributed by atoms with E-state index < -0.39 is 0 Å². The molecule has 1 N–H and O–H groups in total. The highest BCUT2D eigenvalue weighted by Crippen LogP contribution is 2.34. The lowest BCUT2D eigenvalue weighted by atomic mass is 10.1. The van der Waals surface area contributed by atoms with Gasteiger partial charge in [-0.1, -0.05) is 0 Å². The predicted molar refractivity (Wildman–Crippen MR) is 97.9 cm³/mol. The maximum absolute atomic E-state index is 5.48. The second kappa shape index (κ2) is 9.36. The van der Waals surface area contributed by atoms with Crippen molar-refractivity contribution in [3.63, 3.8) is 0 Å². The first kappa shape index (κ1) is 19.2. The van der Waals surface area contributed by atoms with Crippen LogP contribution in [-0.2, 0) is 11.3 Å². The molecule has 140 valence electrons. The van der Waals surface area contributed by atoms with Crippen molar-refractivity contribution in [2.24, 2.45) is 10.9 Å². The molecule has 0 bridgehead atoms. The van der Waals surface area contributed by atoms with Crippen molar-refractivity contribution in [3.8, 4) is 17.2 Å². The lowest BCUT2D eigenvalue weighted by Gasteiger charge is -2.25. The van der Waals surface area contributed by atoms with Gasteiger partial charge >= 0.3 is 0 Å². The van der Waals surface area contributed by atoms with E-state index in [1.165, 1.54) is 0 Å². The second-order valence-electron chi connectivity index (χ2n) is 6.03. The van der Waals surface area contributed by atoms with Gasteiger partial charge < -0.3 is 29.2 Å². The van der Waals surface area contributed by atoms with E-state index in [9.17, 15) is 0 Å². The van der Waals surface area contributed by atoms with Crippen LogP contribution in [0.2, 0.25) is 0 Å². The third kappa shape index (κ3) is 4.92. The Morgan fingerprint density at radius 3 is 2.44 bits per heavy atom. The Bertz CT molecular complexity index is 586. The van der Waals surface area contributed by atoms with E-state index in [-0.39, 0.29) is 0 Å². The summed E-state index contributed by atoms with van der Waals surface area (Å²) in [6.45, 7) is 3.17. The van der Waals surface area contributed by atoms with Crippen molar-refractivity contribution in [2.75, 3.05) is 55.2 Å². The lowest BCUT2D eigenvalue weighted by molar-refractivity contribution is 0.181. The van der Waals surface area contributed by atoms with Gasteiger partial charge in [0.25, 0.3) is 0 Å². The Labute approximate surface area is 149 Å². The van der Waals surface area contributed by atoms with Crippen LogP contribution in [0.3, 0.4) is 0 Å². The van der Waals surface area contributed by atoms with Crippen molar-refractivity contribution in [1.82, 2.24) is 10.2 Å². The predicted octanol–water partition coefficient (Wildman–Crippen LogP) is 1.76. The molecule has 2 rings (SSSR count). The van der Waals surface area contributed by atoms with Crippen LogP contribution in [0.1, 0.15) is 12.0 Å². The minimum atomic E-state index is 0.555. The highest BCUT2D eigenvalue weighted by atomic mass is 16.5. The maximum atomic E-state index is 5.48. The van der Waals surface area contributed by atoms with Gasteiger partial charge in [-0.2, -0.15) is 0 Å². The highest BCUT2D eigenvalue weighted by Gasteiger charge is 2.19. The molecule has 1 aliphatic heterocycles. The van der Waals surface area contributed by atoms with Crippen molar-refractivity contribution in [1.29, 1.82) is 0 Å². The molecular formula is C18H29N3O4. The summed E-state index contributed by atoms with van der Waals surface area (Å²) in [7, 11) is 8.71. The Balaban J connectivity index is 2.04. The van der Waals surface area contributed by atoms with Crippen molar-refractivity contribution >= 4 is 5.96 Å². The molecule has 1 aromatic carbocycles. The number of aliphatic imine (C=N–C) groups is 1. The first-order chi connectivity index (χ1) is 12.1. The summed E-state index contributed by atoms with van der Waals surface area (Å²) >= 11 is 0. The summed E-state index contributed by atoms with van der Waals surface area (Å²) in [5.41, 5.74) is 0.971. The molecule has 7 heteroatoms. The standard InChI is InChI=1S/C18H29N3O4/c1-19-18(21(2)11-13-6-7-25-12-13)20-10-14-8-16(23-4)17(24-5)9-15(14)22-3/h8-9,13H,6-7,10-12H2,1-5H3,(H,19,20). The number of methoxy groups -OCH3 is 3. The van der Waals surface area contributed by atoms with E-state index in [0.29, 0.717) is 24.0 Å². The molecule has 1 saturated heterocycles. The minimum absolute atomic E-state index is 0.555. The molecule has 0 aliphatic carbocycles. The second-order valence-corrected chi connectivity index (χ2v) is 6.03. The van der Waals surface area contributed by atoms with Crippen molar-refractivity contribution in [2.45, 2.75) is 13.0 Å². The van der Waals surface area contributed by atoms with Gasteiger partial charge in [0, 0.05) is 51.3 Å². The molecule has 1 aromatic rings. The Morgan fingerprint density at radius 1 is 1.20 bits per heavy atom. The molecule has 1 aliphatic rings. The van der Waals surface area contributed by atoms with E-state index in [1.54, 1.807) is 28.4 Å². The molecule has 0 saturated carbocycles. The molecule has 1 unspecified atom stereocenters. The van der Waals surface area contributed by atoms with Crippen molar-refractivity contribution in [3.05, 3.63) is 17.7 Å². The summed E-state index contributed by atoms with van der Waals surface area (Å²) in [6, 6.07) is 3.75. The van der Waals surface area contributed by atoms with Gasteiger partial charge in [-0.25, -0.2) is 0 Å². The largest absolute Gasteiger partial charge is 0.496 e. The van der Waals surface area contributed by atoms with Crippen LogP contribution in [0.4, 0.5) is 0 Å². The Kier molecular flexibility index (Phi) is 7.18. The number of hydrogen-bond donors (Lipinski definition) is 1. The number of guanidine groups is 1. The third-order valence-corrected chi connectivity index (χ3v) is 4.35. The fourth-order valence-corrected chi connectivity index (χ4v) is 2.99. The van der Waals surface area contributed by atoms with Gasteiger partial charge in [0.05, 0.1) is 27.9 Å². The number of nitrogens with one attached hydrogen (secondary N) is 1. The average Bonchev–Trinajstić information content (AvgIpc) is 3.14. The van der Waals surface area contributed by atoms with Crippen LogP contribution in [-0.4, -0.2) is 66.0 Å². The Hall–Kier alpha value is -2.15. The molecular weight excluding hydrogens is 322 g/mol. The van der Waals surface area contributed by atoms with E-state index in [0.717, 1.165) is 43.5 Å². The van der Waals surface area contributed by atoms with E-state index in [1.807, 2.05) is 19.2 Å². The SMILES string of the molecule is CN=C(NCc1cc(OC)c(OC)cc1OC)N(C)CC1CCOC1. The molecule has 0 radical (unpaired) electrons. The van der Waals surface area contributed by atoms with E-state index >= 15 is 0 Å². The topological polar surface area (TPSA) is 64.6 Å². The van der Waals surface area contributed by atoms with Crippen LogP contribution in [0.15, 0.2) is 17.1 Å². The lowest BCUT2D eigenvalue weighted by Crippen LogP contribution is -2.41. The smallest absolute Gasteiger partial charge is 0.193 e. The molecule has 1 fully saturated rings. The Morgan fingerprint density at radius 2 is 1.88 bits per heavy atom. The summed E-state index contributed by atoms with van der Waals surface area (Å²) in [6.07, 6.45) is 1.10. The normalized spacial score (nSPS) is 17.3. The molecule has 1 atom stereocenters. The van der Waals surface area contributed by atoms with Gasteiger partial charge in [-0.05, 0) is 12.5 Å². The first-order valence-corrected chi connectivity index (χ1v) is 8.41. The highest BCUT2D eigenvalue weighted by molar-refractivity contribution is 5.79. The summed E-state index contributed by atoms with van der Waals surface area (Å²) in [5, 5.41) is 3.38. The minimum Gasteiger partial charge on any atom is -0.496 e. The average molecular weight is 351 g/mol. The zero-order valence-electron chi connectivity index (χ0n) is 15.8. The fraction of sp³-hybridized carbons (Fsp3) is 0.611. The number of nitrogens with zero attached hydrogens (tertiary/aromatic N) is 2. The van der Waals surface area contributed by atoms with Crippen LogP contribution in [0.25, 0.3) is 0 Å². The zero-order chi connectivity index (χ0) is 18.2. The monoisotopic (exact) mass is 351 g/mol. The summed E-state index contributed by atoms with van der Waals surface area (Å²) in [4.78, 5) is 6.50. The number of rotatable bonds is 7. The molecule has 1 heterocycles.